The van der Waals surface area contributed by atoms with Gasteiger partial charge in [0.2, 0.25) is 0 Å². The number of rotatable bonds is 0. The molecule has 0 radical (unpaired) electrons. The van der Waals surface area contributed by atoms with Crippen molar-refractivity contribution in [2.45, 2.75) is 11.8 Å². The maximum absolute atomic E-state index is 11.2. The first-order valence-corrected chi connectivity index (χ1v) is 12.8. The second kappa shape index (κ2) is 15.2. The number of benzene rings is 1. The van der Waals surface area contributed by atoms with E-state index >= 15 is 0 Å². The van der Waals surface area contributed by atoms with E-state index in [2.05, 4.69) is 34.0 Å². The Labute approximate surface area is 155 Å². The molecule has 0 saturated carbocycles. The standard InChI is InChI=1S/C6H4Cl.2C3H6F3P.BrH.Ni/c7-6-4-2-1-3-5-6;2*1-7(2)3(4,5)6;;/h1-2,4-5H;2*1-2H3;1H;/q-1;;;;+1/p-1. The zero-order valence-electron chi connectivity index (χ0n) is 12.5. The van der Waals surface area contributed by atoms with E-state index in [0.29, 0.717) is 0 Å². The number of alkyl halides is 6. The van der Waals surface area contributed by atoms with E-state index in [4.69, 9.17) is 11.6 Å². The van der Waals surface area contributed by atoms with Crippen LogP contribution in [0.2, 0.25) is 5.02 Å². The first-order chi connectivity index (χ1) is 10.3. The van der Waals surface area contributed by atoms with Crippen LogP contribution in [-0.2, 0) is 13.7 Å². The normalized spacial score (nSPS) is 10.8. The molecular weight excluding hydrogens is 494 g/mol. The zero-order valence-corrected chi connectivity index (χ0v) is 17.7. The fourth-order valence-corrected chi connectivity index (χ4v) is 0.507. The van der Waals surface area contributed by atoms with Crippen LogP contribution >= 0.6 is 41.7 Å². The van der Waals surface area contributed by atoms with Gasteiger partial charge in [0, 0.05) is 0 Å². The van der Waals surface area contributed by atoms with E-state index < -0.39 is 27.7 Å². The van der Waals surface area contributed by atoms with Gasteiger partial charge in [0.05, 0.1) is 0 Å². The van der Waals surface area contributed by atoms with Crippen molar-refractivity contribution in [3.05, 3.63) is 35.4 Å². The van der Waals surface area contributed by atoms with Gasteiger partial charge in [-0.25, -0.2) is 0 Å². The maximum atomic E-state index is 11.2. The molecule has 0 N–H and O–H groups in total. The number of hydrogen-bond acceptors (Lipinski definition) is 0. The van der Waals surface area contributed by atoms with Crippen molar-refractivity contribution >= 4 is 41.7 Å². The molecule has 0 aliphatic heterocycles. The van der Waals surface area contributed by atoms with Crippen LogP contribution in [0.25, 0.3) is 0 Å². The van der Waals surface area contributed by atoms with Gasteiger partial charge in [-0.05, 0) is 42.5 Å². The second-order valence-corrected chi connectivity index (χ2v) is 8.97. The molecule has 0 saturated heterocycles. The average molecular weight is 510 g/mol. The molecular formula is C12H16BrClF6NiP2-. The third-order valence-electron chi connectivity index (χ3n) is 1.68. The van der Waals surface area contributed by atoms with Crippen molar-refractivity contribution in [2.75, 3.05) is 26.7 Å². The Morgan fingerprint density at radius 2 is 1.26 bits per heavy atom. The molecule has 1 aromatic carbocycles. The zero-order chi connectivity index (χ0) is 19.3. The summed E-state index contributed by atoms with van der Waals surface area (Å²) in [4.78, 5) is 0. The van der Waals surface area contributed by atoms with Gasteiger partial charge in [0.1, 0.15) is 0 Å². The van der Waals surface area contributed by atoms with Crippen molar-refractivity contribution in [3.63, 3.8) is 0 Å². The average Bonchev–Trinajstić information content (AvgIpc) is 2.41. The summed E-state index contributed by atoms with van der Waals surface area (Å²) in [5.41, 5.74) is 0. The Balaban J connectivity index is -0.000000247. The molecule has 0 aliphatic carbocycles. The fraction of sp³-hybridized carbons (Fsp3) is 0.500. The molecule has 0 bridgehead atoms. The molecule has 0 fully saturated rings. The van der Waals surface area contributed by atoms with Crippen molar-refractivity contribution in [1.82, 2.24) is 0 Å². The van der Waals surface area contributed by atoms with Crippen LogP contribution in [0.3, 0.4) is 0 Å². The molecule has 0 nitrogen and oxygen atoms in total. The Hall–Kier alpha value is 0.924. The summed E-state index contributed by atoms with van der Waals surface area (Å²) in [7, 11) is -3.48. The molecule has 1 aromatic rings. The molecule has 23 heavy (non-hydrogen) atoms. The van der Waals surface area contributed by atoms with Crippen molar-refractivity contribution < 1.29 is 40.0 Å². The molecule has 141 valence electrons. The van der Waals surface area contributed by atoms with E-state index in [9.17, 15) is 26.3 Å². The van der Waals surface area contributed by atoms with E-state index in [1.807, 2.05) is 18.2 Å². The van der Waals surface area contributed by atoms with Crippen molar-refractivity contribution in [3.8, 4) is 0 Å². The monoisotopic (exact) mass is 508 g/mol. The molecule has 0 spiro atoms. The summed E-state index contributed by atoms with van der Waals surface area (Å²) in [6.07, 6.45) is 0. The summed E-state index contributed by atoms with van der Waals surface area (Å²) >= 11 is 11.8. The van der Waals surface area contributed by atoms with Crippen LogP contribution < -0.4 is 0 Å². The van der Waals surface area contributed by atoms with Crippen LogP contribution in [0.15, 0.2) is 24.3 Å². The molecule has 1 rings (SSSR count). The Kier molecular flexibility index (Phi) is 19.0. The van der Waals surface area contributed by atoms with Crippen molar-refractivity contribution in [1.29, 1.82) is 0 Å². The molecule has 0 atom stereocenters. The number of halogens is 8. The summed E-state index contributed by atoms with van der Waals surface area (Å²) in [5.74, 6) is -7.87. The van der Waals surface area contributed by atoms with Crippen LogP contribution in [0.1, 0.15) is 0 Å². The molecule has 0 aliphatic rings. The predicted octanol–water partition coefficient (Wildman–Crippen LogP) is 7.48. The number of hydrogen-bond donors (Lipinski definition) is 0. The van der Waals surface area contributed by atoms with E-state index in [0.717, 1.165) is 5.02 Å². The van der Waals surface area contributed by atoms with Gasteiger partial charge in [-0.15, -0.1) is 0 Å². The van der Waals surface area contributed by atoms with Crippen LogP contribution in [0.5, 0.6) is 0 Å². The molecule has 11 heteroatoms. The quantitative estimate of drug-likeness (QED) is 0.147. The van der Waals surface area contributed by atoms with Gasteiger partial charge in [0.25, 0.3) is 0 Å². The van der Waals surface area contributed by atoms with Crippen molar-refractivity contribution in [2.24, 2.45) is 0 Å². The molecule has 0 amide bonds. The summed E-state index contributed by atoms with van der Waals surface area (Å²) in [6, 6.07) is 10.0. The third kappa shape index (κ3) is 22.9. The Morgan fingerprint density at radius 1 is 0.957 bits per heavy atom. The minimum absolute atomic E-state index is 0.738. The topological polar surface area (TPSA) is 0 Å². The van der Waals surface area contributed by atoms with Gasteiger partial charge in [-0.1, -0.05) is 5.02 Å². The van der Waals surface area contributed by atoms with Gasteiger partial charge in [0.15, 0.2) is 0 Å². The Morgan fingerprint density at radius 3 is 1.35 bits per heavy atom. The molecule has 0 unspecified atom stereocenters. The second-order valence-electron chi connectivity index (χ2n) is 3.95. The van der Waals surface area contributed by atoms with E-state index in [1.165, 1.54) is 26.7 Å². The van der Waals surface area contributed by atoms with Gasteiger partial charge < -0.3 is 0 Å². The Bertz CT molecular complexity index is 356. The van der Waals surface area contributed by atoms with Gasteiger partial charge in [-0.2, -0.15) is 68.3 Å². The van der Waals surface area contributed by atoms with Crippen LogP contribution in [0, 0.1) is 6.07 Å². The summed E-state index contributed by atoms with van der Waals surface area (Å²) in [6.45, 7) is 4.76. The SMILES string of the molecule is CP(C)C(F)(F)F.CP(C)C(F)(F)F.Clc1c[c-]ccc1.[Ni][Br]. The van der Waals surface area contributed by atoms with Gasteiger partial charge >= 0.3 is 39.8 Å². The summed E-state index contributed by atoms with van der Waals surface area (Å²) in [5, 5.41) is 0.738. The third-order valence-corrected chi connectivity index (χ3v) is 3.95. The van der Waals surface area contributed by atoms with E-state index in [-0.39, 0.29) is 0 Å². The predicted molar refractivity (Wildman–Crippen MR) is 88.9 cm³/mol. The van der Waals surface area contributed by atoms with Crippen LogP contribution in [-0.4, -0.2) is 38.5 Å². The van der Waals surface area contributed by atoms with E-state index in [1.54, 1.807) is 6.07 Å². The molecule has 0 aromatic heterocycles. The van der Waals surface area contributed by atoms with Crippen LogP contribution in [0.4, 0.5) is 26.3 Å². The molecule has 0 heterocycles. The summed E-state index contributed by atoms with van der Waals surface area (Å²) < 4.78 is 67.2. The minimum atomic E-state index is -3.94. The van der Waals surface area contributed by atoms with Gasteiger partial charge in [-0.3, -0.25) is 0 Å². The fourth-order valence-electron chi connectivity index (χ4n) is 0.371. The first kappa shape index (κ1) is 28.7. The first-order valence-electron chi connectivity index (χ1n) is 5.50.